The van der Waals surface area contributed by atoms with E-state index in [1.165, 1.54) is 17.6 Å². The van der Waals surface area contributed by atoms with E-state index in [0.717, 1.165) is 36.7 Å². The number of hydrogen-bond acceptors (Lipinski definition) is 7. The first-order valence-corrected chi connectivity index (χ1v) is 12.0. The van der Waals surface area contributed by atoms with Crippen LogP contribution in [-0.2, 0) is 6.54 Å². The third-order valence-corrected chi connectivity index (χ3v) is 7.00. The van der Waals surface area contributed by atoms with Crippen molar-refractivity contribution in [2.24, 2.45) is 0 Å². The van der Waals surface area contributed by atoms with Crippen LogP contribution in [0.1, 0.15) is 19.8 Å². The predicted molar refractivity (Wildman–Crippen MR) is 135 cm³/mol. The Labute approximate surface area is 209 Å². The summed E-state index contributed by atoms with van der Waals surface area (Å²) in [4.78, 5) is 19.0. The van der Waals surface area contributed by atoms with Gasteiger partial charge in [-0.1, -0.05) is 11.6 Å². The molecule has 2 aliphatic heterocycles. The standard InChI is InChI=1S/C25H28ClN5O4/c1-25(16-30-15-23(31(32)33)27-24(30)35-25)17-34-22-9-7-21(8-10-22)29-13-11-20(12-14-29)28(2)19-5-3-18(26)4-6-19/h3-10,15,20H,11-14,16-17H2,1-2H3/t25-/m1/s1. The van der Waals surface area contributed by atoms with Crippen molar-refractivity contribution in [3.05, 3.63) is 69.9 Å². The first kappa shape index (κ1) is 23.3. The van der Waals surface area contributed by atoms with Crippen LogP contribution in [0.3, 0.4) is 0 Å². The third kappa shape index (κ3) is 5.00. The minimum Gasteiger partial charge on any atom is -0.489 e. The normalized spacial score (nSPS) is 19.8. The molecule has 3 aromatic rings. The molecule has 10 heteroatoms. The molecule has 0 N–H and O–H groups in total. The number of piperidine rings is 1. The average Bonchev–Trinajstić information content (AvgIpc) is 3.39. The van der Waals surface area contributed by atoms with Crippen molar-refractivity contribution in [1.29, 1.82) is 0 Å². The molecule has 0 saturated carbocycles. The molecule has 1 atom stereocenters. The van der Waals surface area contributed by atoms with Crippen molar-refractivity contribution >= 4 is 28.8 Å². The fraction of sp³-hybridized carbons (Fsp3) is 0.400. The van der Waals surface area contributed by atoms with Gasteiger partial charge in [0.2, 0.25) is 0 Å². The number of halogens is 1. The van der Waals surface area contributed by atoms with Crippen molar-refractivity contribution in [2.45, 2.75) is 38.0 Å². The SMILES string of the molecule is CN(c1ccc(Cl)cc1)C1CCN(c2ccc(OC[C@@]3(C)Cn4cc([N+](=O)[O-])nc4O3)cc2)CC1. The Hall–Kier alpha value is -3.46. The number of benzene rings is 2. The maximum Gasteiger partial charge on any atom is 0.415 e. The first-order chi connectivity index (χ1) is 16.8. The minimum atomic E-state index is -0.631. The number of fused-ring (bicyclic) bond motifs is 1. The second-order valence-corrected chi connectivity index (χ2v) is 9.84. The van der Waals surface area contributed by atoms with Crippen LogP contribution in [0.25, 0.3) is 0 Å². The Kier molecular flexibility index (Phi) is 6.19. The summed E-state index contributed by atoms with van der Waals surface area (Å²) >= 11 is 6.02. The van der Waals surface area contributed by atoms with Gasteiger partial charge in [0.25, 0.3) is 0 Å². The van der Waals surface area contributed by atoms with E-state index in [2.05, 4.69) is 46.1 Å². The van der Waals surface area contributed by atoms with Gasteiger partial charge in [0.05, 0.1) is 6.54 Å². The van der Waals surface area contributed by atoms with Gasteiger partial charge in [-0.15, -0.1) is 0 Å². The summed E-state index contributed by atoms with van der Waals surface area (Å²) in [5.74, 6) is 0.547. The molecule has 0 bridgehead atoms. The van der Waals surface area contributed by atoms with Gasteiger partial charge in [0.1, 0.15) is 18.6 Å². The Morgan fingerprint density at radius 2 is 1.89 bits per heavy atom. The largest absolute Gasteiger partial charge is 0.489 e. The first-order valence-electron chi connectivity index (χ1n) is 11.7. The molecule has 0 amide bonds. The molecule has 2 aromatic carbocycles. The average molecular weight is 498 g/mol. The van der Waals surface area contributed by atoms with E-state index in [9.17, 15) is 10.1 Å². The van der Waals surface area contributed by atoms with Crippen LogP contribution in [0.5, 0.6) is 11.8 Å². The lowest BCUT2D eigenvalue weighted by molar-refractivity contribution is -0.389. The van der Waals surface area contributed by atoms with Crippen molar-refractivity contribution in [2.75, 3.05) is 36.5 Å². The Bertz CT molecular complexity index is 1170. The molecule has 1 fully saturated rings. The molecule has 1 aromatic heterocycles. The van der Waals surface area contributed by atoms with Gasteiger partial charge in [-0.05, 0) is 73.2 Å². The summed E-state index contributed by atoms with van der Waals surface area (Å²) in [6, 6.07) is 16.9. The highest BCUT2D eigenvalue weighted by Gasteiger charge is 2.41. The summed E-state index contributed by atoms with van der Waals surface area (Å²) in [5.41, 5.74) is 1.74. The number of nitrogens with zero attached hydrogens (tertiary/aromatic N) is 5. The summed E-state index contributed by atoms with van der Waals surface area (Å²) in [5, 5.41) is 11.6. The zero-order chi connectivity index (χ0) is 24.6. The Morgan fingerprint density at radius 1 is 1.20 bits per heavy atom. The number of ether oxygens (including phenoxy) is 2. The van der Waals surface area contributed by atoms with Crippen molar-refractivity contribution in [1.82, 2.24) is 9.55 Å². The second-order valence-electron chi connectivity index (χ2n) is 9.41. The lowest BCUT2D eigenvalue weighted by atomic mass is 10.0. The molecule has 0 radical (unpaired) electrons. The molecule has 1 saturated heterocycles. The number of aromatic nitrogens is 2. The Morgan fingerprint density at radius 3 is 2.51 bits per heavy atom. The summed E-state index contributed by atoms with van der Waals surface area (Å²) in [6.07, 6.45) is 3.56. The quantitative estimate of drug-likeness (QED) is 0.343. The third-order valence-electron chi connectivity index (χ3n) is 6.75. The summed E-state index contributed by atoms with van der Waals surface area (Å²) in [6.45, 7) is 4.65. The van der Waals surface area contributed by atoms with Crippen LogP contribution in [0.2, 0.25) is 5.02 Å². The highest BCUT2D eigenvalue weighted by molar-refractivity contribution is 6.30. The van der Waals surface area contributed by atoms with Gasteiger partial charge in [-0.2, -0.15) is 0 Å². The van der Waals surface area contributed by atoms with Crippen LogP contribution in [0, 0.1) is 10.1 Å². The topological polar surface area (TPSA) is 85.9 Å². The fourth-order valence-electron chi connectivity index (χ4n) is 4.74. The second kappa shape index (κ2) is 9.30. The van der Waals surface area contributed by atoms with Crippen LogP contribution in [0.4, 0.5) is 17.2 Å². The summed E-state index contributed by atoms with van der Waals surface area (Å²) < 4.78 is 13.5. The minimum absolute atomic E-state index is 0.209. The van der Waals surface area contributed by atoms with Gasteiger partial charge in [-0.3, -0.25) is 4.57 Å². The van der Waals surface area contributed by atoms with Crippen LogP contribution >= 0.6 is 11.6 Å². The molecule has 35 heavy (non-hydrogen) atoms. The van der Waals surface area contributed by atoms with E-state index in [-0.39, 0.29) is 11.8 Å². The molecule has 0 aliphatic carbocycles. The van der Waals surface area contributed by atoms with E-state index < -0.39 is 10.5 Å². The maximum absolute atomic E-state index is 10.9. The lowest BCUT2D eigenvalue weighted by Crippen LogP contribution is -2.43. The van der Waals surface area contributed by atoms with E-state index in [0.29, 0.717) is 19.2 Å². The smallest absolute Gasteiger partial charge is 0.415 e. The highest BCUT2D eigenvalue weighted by Crippen LogP contribution is 2.32. The molecular weight excluding hydrogens is 470 g/mol. The molecule has 0 unspecified atom stereocenters. The number of anilines is 2. The number of hydrogen-bond donors (Lipinski definition) is 0. The van der Waals surface area contributed by atoms with E-state index in [1.807, 2.05) is 31.2 Å². The maximum atomic E-state index is 10.9. The van der Waals surface area contributed by atoms with Gasteiger partial charge in [0.15, 0.2) is 5.60 Å². The van der Waals surface area contributed by atoms with Crippen molar-refractivity contribution in [3.8, 4) is 11.8 Å². The monoisotopic (exact) mass is 497 g/mol. The molecule has 9 nitrogen and oxygen atoms in total. The van der Waals surface area contributed by atoms with Crippen molar-refractivity contribution in [3.63, 3.8) is 0 Å². The van der Waals surface area contributed by atoms with E-state index >= 15 is 0 Å². The molecule has 3 heterocycles. The van der Waals surface area contributed by atoms with Crippen molar-refractivity contribution < 1.29 is 14.4 Å². The van der Waals surface area contributed by atoms with Gasteiger partial charge in [0, 0.05) is 47.6 Å². The fourth-order valence-corrected chi connectivity index (χ4v) is 4.87. The molecule has 184 valence electrons. The van der Waals surface area contributed by atoms with E-state index in [1.54, 1.807) is 4.57 Å². The zero-order valence-electron chi connectivity index (χ0n) is 19.8. The lowest BCUT2D eigenvalue weighted by Gasteiger charge is -2.39. The summed E-state index contributed by atoms with van der Waals surface area (Å²) in [7, 11) is 2.15. The van der Waals surface area contributed by atoms with Gasteiger partial charge < -0.3 is 29.4 Å². The van der Waals surface area contributed by atoms with Gasteiger partial charge in [-0.25, -0.2) is 0 Å². The van der Waals surface area contributed by atoms with Crippen LogP contribution in [-0.4, -0.2) is 52.9 Å². The Balaban J connectivity index is 1.12. The zero-order valence-corrected chi connectivity index (χ0v) is 20.5. The number of nitro groups is 1. The highest BCUT2D eigenvalue weighted by atomic mass is 35.5. The molecule has 0 spiro atoms. The van der Waals surface area contributed by atoms with Crippen LogP contribution in [0.15, 0.2) is 54.7 Å². The molecular formula is C25H28ClN5O4. The van der Waals surface area contributed by atoms with Crippen LogP contribution < -0.4 is 19.3 Å². The number of imidazole rings is 1. The van der Waals surface area contributed by atoms with Gasteiger partial charge >= 0.3 is 11.8 Å². The molecule has 5 rings (SSSR count). The predicted octanol–water partition coefficient (Wildman–Crippen LogP) is 4.78. The molecule has 2 aliphatic rings. The number of rotatable bonds is 7. The van der Waals surface area contributed by atoms with E-state index in [4.69, 9.17) is 21.1 Å².